The minimum Gasteiger partial charge on any atom is -0.313 e. The van der Waals surface area contributed by atoms with Crippen molar-refractivity contribution in [3.05, 3.63) is 393 Å². The highest BCUT2D eigenvalue weighted by atomic mass is 15.0. The molecule has 5 aromatic heterocycles. The Morgan fingerprint density at radius 3 is 0.935 bits per heavy atom. The molecule has 0 atom stereocenters. The molecule has 0 radical (unpaired) electrons. The number of nitrogens with zero attached hydrogens (tertiary/aromatic N) is 5. The van der Waals surface area contributed by atoms with Gasteiger partial charge in [-0.2, -0.15) is 0 Å². The summed E-state index contributed by atoms with van der Waals surface area (Å²) in [6.45, 7) is 0. The molecular formula is C102H67N5. The third-order valence-corrected chi connectivity index (χ3v) is 22.8. The number of benzene rings is 16. The summed E-state index contributed by atoms with van der Waals surface area (Å²) >= 11 is 0. The van der Waals surface area contributed by atoms with Crippen LogP contribution in [0.2, 0.25) is 0 Å². The summed E-state index contributed by atoms with van der Waals surface area (Å²) in [5, 5.41) is 11.2. The zero-order chi connectivity index (χ0) is 70.2. The lowest BCUT2D eigenvalue weighted by Crippen LogP contribution is -2.05. The quantitative estimate of drug-likeness (QED) is 0.123. The van der Waals surface area contributed by atoms with E-state index in [0.717, 1.165) is 35.6 Å². The van der Waals surface area contributed by atoms with Crippen molar-refractivity contribution >= 4 is 110 Å². The number of allylic oxidation sites excluding steroid dienone is 1. The van der Waals surface area contributed by atoms with E-state index in [-0.39, 0.29) is 0 Å². The van der Waals surface area contributed by atoms with Crippen LogP contribution in [0.1, 0.15) is 23.2 Å². The predicted molar refractivity (Wildman–Crippen MR) is 450 cm³/mol. The van der Waals surface area contributed by atoms with Crippen molar-refractivity contribution in [2.24, 2.45) is 0 Å². The van der Waals surface area contributed by atoms with Crippen LogP contribution in [0.5, 0.6) is 0 Å². The summed E-state index contributed by atoms with van der Waals surface area (Å²) < 4.78 is 12.2. The topological polar surface area (TPSA) is 24.6 Å². The van der Waals surface area contributed by atoms with Crippen LogP contribution in [0.15, 0.2) is 376 Å². The van der Waals surface area contributed by atoms with Gasteiger partial charge in [-0.05, 0) is 237 Å². The van der Waals surface area contributed by atoms with Crippen molar-refractivity contribution in [3.8, 4) is 84.1 Å². The van der Waals surface area contributed by atoms with Crippen LogP contribution in [-0.2, 0) is 6.42 Å². The molecular weight excluding hydrogens is 1300 g/mol. The van der Waals surface area contributed by atoms with E-state index in [1.54, 1.807) is 0 Å². The first-order valence-electron chi connectivity index (χ1n) is 37.2. The lowest BCUT2D eigenvalue weighted by Gasteiger charge is -2.18. The van der Waals surface area contributed by atoms with Crippen LogP contribution in [0.3, 0.4) is 0 Å². The third-order valence-electron chi connectivity index (χ3n) is 22.8. The minimum atomic E-state index is 0.957. The van der Waals surface area contributed by atoms with Gasteiger partial charge in [0, 0.05) is 88.2 Å². The molecule has 21 aromatic rings. The van der Waals surface area contributed by atoms with Gasteiger partial charge >= 0.3 is 0 Å². The van der Waals surface area contributed by atoms with Gasteiger partial charge in [0.25, 0.3) is 0 Å². The average molecular weight is 1360 g/mol. The standard InChI is InChI=1S/C102H67N5/c1-5-20-66(21-6-1)67-36-47-81(48-37-67)105-94-34-17-14-31-84(94)88-59-71(42-53-97(88)105)72-43-54-98-89(60-72)85-32-15-18-35-95(85)106(98)82-49-38-68(39-50-82)69-22-19-23-70(58-69)77-40-51-86-90-62-74(44-55-99(90)107(102(86)65-77)80-28-11-4-12-29-80)76-46-57-101-92(64-76)91-63-75(45-56-100(91)104(101)79-26-9-3-10-27-79)73-41-52-96-87(61-73)83-30-13-16-33-93(83)103(96)78-24-7-2-8-25-78/h1-41,43-52,54-65H,42,53H2. The van der Waals surface area contributed by atoms with E-state index in [0.29, 0.717) is 0 Å². The lowest BCUT2D eigenvalue weighted by molar-refractivity contribution is 0.898. The van der Waals surface area contributed by atoms with Gasteiger partial charge in [0.1, 0.15) is 0 Å². The molecule has 1 aliphatic rings. The van der Waals surface area contributed by atoms with Crippen molar-refractivity contribution in [3.63, 3.8) is 0 Å². The second kappa shape index (κ2) is 24.3. The van der Waals surface area contributed by atoms with Crippen LogP contribution in [0.25, 0.3) is 194 Å². The van der Waals surface area contributed by atoms with Crippen molar-refractivity contribution in [2.75, 3.05) is 0 Å². The highest BCUT2D eigenvalue weighted by molar-refractivity contribution is 6.16. The Bertz CT molecular complexity index is 7180. The molecule has 0 saturated heterocycles. The van der Waals surface area contributed by atoms with Gasteiger partial charge < -0.3 is 22.8 Å². The molecule has 0 N–H and O–H groups in total. The van der Waals surface area contributed by atoms with Gasteiger partial charge in [0.15, 0.2) is 0 Å². The number of hydrogen-bond acceptors (Lipinski definition) is 0. The monoisotopic (exact) mass is 1360 g/mol. The summed E-state index contributed by atoms with van der Waals surface area (Å²) in [5.41, 5.74) is 33.7. The number of hydrogen-bond donors (Lipinski definition) is 0. The minimum absolute atomic E-state index is 0.957. The summed E-state index contributed by atoms with van der Waals surface area (Å²) in [5.74, 6) is 0. The smallest absolute Gasteiger partial charge is 0.0547 e. The average Bonchev–Trinajstić information content (AvgIpc) is 1.60. The Labute approximate surface area is 618 Å². The molecule has 0 spiro atoms. The van der Waals surface area contributed by atoms with E-state index in [4.69, 9.17) is 0 Å². The van der Waals surface area contributed by atoms with Crippen LogP contribution < -0.4 is 0 Å². The lowest BCUT2D eigenvalue weighted by atomic mass is 9.90. The second-order valence-corrected chi connectivity index (χ2v) is 28.7. The van der Waals surface area contributed by atoms with Gasteiger partial charge in [0.05, 0.1) is 49.7 Å². The summed E-state index contributed by atoms with van der Waals surface area (Å²) in [6, 6.07) is 139. The first-order valence-corrected chi connectivity index (χ1v) is 37.2. The predicted octanol–water partition coefficient (Wildman–Crippen LogP) is 26.8. The van der Waals surface area contributed by atoms with Crippen LogP contribution in [0, 0.1) is 0 Å². The number of para-hydroxylation sites is 6. The molecule has 5 nitrogen and oxygen atoms in total. The Morgan fingerprint density at radius 1 is 0.159 bits per heavy atom. The first kappa shape index (κ1) is 60.6. The molecule has 5 heteroatoms. The molecule has 0 fully saturated rings. The van der Waals surface area contributed by atoms with Crippen molar-refractivity contribution in [1.29, 1.82) is 0 Å². The van der Waals surface area contributed by atoms with E-state index in [9.17, 15) is 0 Å². The van der Waals surface area contributed by atoms with Gasteiger partial charge in [-0.3, -0.25) is 0 Å². The molecule has 1 aliphatic carbocycles. The molecule has 0 saturated carbocycles. The van der Waals surface area contributed by atoms with Crippen LogP contribution in [0.4, 0.5) is 0 Å². The first-order chi connectivity index (χ1) is 53.0. The Kier molecular flexibility index (Phi) is 13.8. The Hall–Kier alpha value is -14.0. The second-order valence-electron chi connectivity index (χ2n) is 28.7. The molecule has 0 amide bonds. The SMILES string of the molecule is C1=C(c2ccc3c(c2)c2ccccc2n3-c2ccc(-c3cccc(-c4ccc5c6cc(-c7ccc8c(c7)c7cc(-c9ccc%10c(c9)c9ccccc9n%10-c9ccccc9)ccc7n8-c7ccccc7)ccc6n(-c6ccccc6)c5c4)c3)cc2)CCc2c1c1ccccc1n2-c1ccc(-c2ccccc2)cc1. The summed E-state index contributed by atoms with van der Waals surface area (Å²) in [7, 11) is 0. The van der Waals surface area contributed by atoms with Crippen LogP contribution in [-0.4, -0.2) is 22.8 Å². The molecule has 16 aromatic carbocycles. The molecule has 22 rings (SSSR count). The maximum Gasteiger partial charge on any atom is 0.0547 e. The third kappa shape index (κ3) is 9.78. The summed E-state index contributed by atoms with van der Waals surface area (Å²) in [6.07, 6.45) is 4.39. The van der Waals surface area contributed by atoms with Crippen molar-refractivity contribution in [1.82, 2.24) is 22.8 Å². The van der Waals surface area contributed by atoms with Gasteiger partial charge in [-0.1, -0.05) is 224 Å². The van der Waals surface area contributed by atoms with Crippen LogP contribution >= 0.6 is 0 Å². The maximum absolute atomic E-state index is 2.49. The number of aromatic nitrogens is 5. The largest absolute Gasteiger partial charge is 0.313 e. The van der Waals surface area contributed by atoms with E-state index < -0.39 is 0 Å². The van der Waals surface area contributed by atoms with Gasteiger partial charge in [0.2, 0.25) is 0 Å². The fourth-order valence-corrected chi connectivity index (χ4v) is 17.8. The molecule has 5 heterocycles. The number of fused-ring (bicyclic) bond motifs is 15. The van der Waals surface area contributed by atoms with E-state index in [1.807, 2.05) is 0 Å². The highest BCUT2D eigenvalue weighted by Crippen LogP contribution is 2.45. The Balaban J connectivity index is 0.588. The van der Waals surface area contributed by atoms with Crippen molar-refractivity contribution in [2.45, 2.75) is 12.8 Å². The van der Waals surface area contributed by atoms with E-state index in [1.165, 1.54) is 182 Å². The summed E-state index contributed by atoms with van der Waals surface area (Å²) in [4.78, 5) is 0. The molecule has 0 aliphatic heterocycles. The highest BCUT2D eigenvalue weighted by Gasteiger charge is 2.25. The fraction of sp³-hybridized carbons (Fsp3) is 0.0196. The zero-order valence-electron chi connectivity index (χ0n) is 58.5. The molecule has 107 heavy (non-hydrogen) atoms. The van der Waals surface area contributed by atoms with Gasteiger partial charge in [-0.15, -0.1) is 0 Å². The molecule has 500 valence electrons. The molecule has 0 bridgehead atoms. The zero-order valence-corrected chi connectivity index (χ0v) is 58.5. The number of rotatable bonds is 11. The van der Waals surface area contributed by atoms with E-state index in [2.05, 4.69) is 405 Å². The van der Waals surface area contributed by atoms with Crippen molar-refractivity contribution < 1.29 is 0 Å². The molecule has 0 unspecified atom stereocenters. The maximum atomic E-state index is 2.49. The van der Waals surface area contributed by atoms with Gasteiger partial charge in [-0.25, -0.2) is 0 Å². The normalized spacial score (nSPS) is 12.5. The van der Waals surface area contributed by atoms with E-state index >= 15 is 0 Å². The fourth-order valence-electron chi connectivity index (χ4n) is 17.8. The Morgan fingerprint density at radius 2 is 0.449 bits per heavy atom.